The van der Waals surface area contributed by atoms with E-state index in [0.717, 1.165) is 5.56 Å². The molecular formula is C12H13N3O3. The number of hydrogen-bond acceptors (Lipinski definition) is 4. The van der Waals surface area contributed by atoms with Gasteiger partial charge in [0.1, 0.15) is 11.4 Å². The number of nitrogens with zero attached hydrogens (tertiary/aromatic N) is 3. The van der Waals surface area contributed by atoms with Crippen molar-refractivity contribution in [1.82, 2.24) is 0 Å². The molecule has 0 bridgehead atoms. The monoisotopic (exact) mass is 247 g/mol. The van der Waals surface area contributed by atoms with E-state index in [-0.39, 0.29) is 5.70 Å². The van der Waals surface area contributed by atoms with Crippen LogP contribution in [-0.2, 0) is 9.53 Å². The van der Waals surface area contributed by atoms with E-state index in [1.807, 2.05) is 19.1 Å². The Kier molecular flexibility index (Phi) is 4.78. The summed E-state index contributed by atoms with van der Waals surface area (Å²) in [6.07, 6.45) is 1.44. The molecule has 0 aromatic heterocycles. The summed E-state index contributed by atoms with van der Waals surface area (Å²) < 4.78 is 9.72. The quantitative estimate of drug-likeness (QED) is 0.269. The molecule has 0 radical (unpaired) electrons. The summed E-state index contributed by atoms with van der Waals surface area (Å²) in [5.74, 6) is -0.109. The van der Waals surface area contributed by atoms with E-state index in [1.165, 1.54) is 20.3 Å². The molecule has 1 aromatic carbocycles. The molecule has 0 fully saturated rings. The van der Waals surface area contributed by atoms with E-state index < -0.39 is 5.97 Å². The van der Waals surface area contributed by atoms with Crippen LogP contribution < -0.4 is 4.74 Å². The van der Waals surface area contributed by atoms with Crippen LogP contribution in [0.25, 0.3) is 16.5 Å². The van der Waals surface area contributed by atoms with Crippen molar-refractivity contribution in [3.05, 3.63) is 45.5 Å². The lowest BCUT2D eigenvalue weighted by Crippen LogP contribution is -2.02. The average molecular weight is 247 g/mol. The lowest BCUT2D eigenvalue weighted by atomic mass is 10.1. The number of hydrogen-bond donors (Lipinski definition) is 0. The second-order valence-corrected chi connectivity index (χ2v) is 3.40. The molecule has 0 heterocycles. The maximum Gasteiger partial charge on any atom is 0.340 e. The van der Waals surface area contributed by atoms with E-state index in [4.69, 9.17) is 10.3 Å². The minimum Gasteiger partial charge on any atom is -0.496 e. The number of benzene rings is 1. The van der Waals surface area contributed by atoms with Gasteiger partial charge < -0.3 is 9.47 Å². The summed E-state index contributed by atoms with van der Waals surface area (Å²) >= 11 is 0. The van der Waals surface area contributed by atoms with Crippen molar-refractivity contribution >= 4 is 12.0 Å². The van der Waals surface area contributed by atoms with Gasteiger partial charge in [0.15, 0.2) is 0 Å². The molecule has 1 aromatic rings. The van der Waals surface area contributed by atoms with Gasteiger partial charge in [0, 0.05) is 10.5 Å². The van der Waals surface area contributed by atoms with Gasteiger partial charge in [-0.15, -0.1) is 0 Å². The van der Waals surface area contributed by atoms with Crippen molar-refractivity contribution < 1.29 is 14.3 Å². The van der Waals surface area contributed by atoms with Gasteiger partial charge in [0.2, 0.25) is 0 Å². The minimum absolute atomic E-state index is 0.118. The summed E-state index contributed by atoms with van der Waals surface area (Å²) in [5.41, 5.74) is 9.88. The van der Waals surface area contributed by atoms with E-state index in [0.29, 0.717) is 11.3 Å². The molecule has 0 N–H and O–H groups in total. The minimum atomic E-state index is -0.696. The number of methoxy groups -OCH3 is 2. The van der Waals surface area contributed by atoms with E-state index >= 15 is 0 Å². The molecule has 0 atom stereocenters. The summed E-state index contributed by atoms with van der Waals surface area (Å²) in [4.78, 5) is 14.0. The van der Waals surface area contributed by atoms with Crippen LogP contribution in [0.4, 0.5) is 0 Å². The van der Waals surface area contributed by atoms with Gasteiger partial charge in [0.05, 0.1) is 14.2 Å². The average Bonchev–Trinajstić information content (AvgIpc) is 2.39. The molecule has 0 spiro atoms. The van der Waals surface area contributed by atoms with E-state index in [9.17, 15) is 4.79 Å². The Bertz CT molecular complexity index is 531. The van der Waals surface area contributed by atoms with Crippen molar-refractivity contribution in [2.45, 2.75) is 6.92 Å². The van der Waals surface area contributed by atoms with Gasteiger partial charge in [-0.25, -0.2) is 4.79 Å². The maximum absolute atomic E-state index is 11.4. The first-order valence-corrected chi connectivity index (χ1v) is 5.12. The molecule has 1 rings (SSSR count). The van der Waals surface area contributed by atoms with Crippen molar-refractivity contribution in [1.29, 1.82) is 0 Å². The summed E-state index contributed by atoms with van der Waals surface area (Å²) in [6.45, 7) is 1.86. The number of carbonyl (C=O) groups excluding carboxylic acids is 1. The normalized spacial score (nSPS) is 10.5. The van der Waals surface area contributed by atoms with Crippen LogP contribution in [-0.4, -0.2) is 20.2 Å². The second-order valence-electron chi connectivity index (χ2n) is 3.40. The molecule has 0 aliphatic heterocycles. The summed E-state index contributed by atoms with van der Waals surface area (Å²) in [6, 6.07) is 5.44. The molecular weight excluding hydrogens is 234 g/mol. The SMILES string of the molecule is COC(=O)/C(=C/c1c(C)cccc1OC)N=[N+]=[N-]. The van der Waals surface area contributed by atoms with Gasteiger partial charge in [-0.1, -0.05) is 17.2 Å². The molecule has 0 aliphatic rings. The molecule has 0 saturated carbocycles. The topological polar surface area (TPSA) is 84.3 Å². The van der Waals surface area contributed by atoms with Gasteiger partial charge in [-0.2, -0.15) is 0 Å². The maximum atomic E-state index is 11.4. The fourth-order valence-electron chi connectivity index (χ4n) is 1.43. The smallest absolute Gasteiger partial charge is 0.340 e. The molecule has 0 unspecified atom stereocenters. The number of ether oxygens (including phenoxy) is 2. The largest absolute Gasteiger partial charge is 0.496 e. The Hall–Kier alpha value is -2.46. The zero-order valence-electron chi connectivity index (χ0n) is 10.4. The summed E-state index contributed by atoms with van der Waals surface area (Å²) in [5, 5.41) is 3.32. The fraction of sp³-hybridized carbons (Fsp3) is 0.250. The lowest BCUT2D eigenvalue weighted by molar-refractivity contribution is -0.136. The fourth-order valence-corrected chi connectivity index (χ4v) is 1.43. The van der Waals surface area contributed by atoms with Crippen LogP contribution in [0.2, 0.25) is 0 Å². The first-order valence-electron chi connectivity index (χ1n) is 5.12. The Morgan fingerprint density at radius 2 is 2.17 bits per heavy atom. The Labute approximate surface area is 104 Å². The van der Waals surface area contributed by atoms with Gasteiger partial charge in [-0.3, -0.25) is 0 Å². The van der Waals surface area contributed by atoms with Crippen LogP contribution in [0.5, 0.6) is 5.75 Å². The van der Waals surface area contributed by atoms with Crippen molar-refractivity contribution in [3.8, 4) is 5.75 Å². The lowest BCUT2D eigenvalue weighted by Gasteiger charge is -2.08. The molecule has 94 valence electrons. The van der Waals surface area contributed by atoms with E-state index in [2.05, 4.69) is 14.8 Å². The van der Waals surface area contributed by atoms with Crippen LogP contribution in [0, 0.1) is 6.92 Å². The first-order chi connectivity index (χ1) is 8.63. The second kappa shape index (κ2) is 6.32. The standard InChI is InChI=1S/C12H13N3O3/c1-8-5-4-6-11(17-2)9(8)7-10(14-15-13)12(16)18-3/h4-7H,1-3H3/b10-7-. The number of carbonyl (C=O) groups is 1. The highest BCUT2D eigenvalue weighted by atomic mass is 16.5. The molecule has 6 nitrogen and oxygen atoms in total. The molecule has 0 aliphatic carbocycles. The third kappa shape index (κ3) is 3.02. The van der Waals surface area contributed by atoms with E-state index in [1.54, 1.807) is 6.07 Å². The zero-order valence-corrected chi connectivity index (χ0v) is 10.4. The van der Waals surface area contributed by atoms with Crippen LogP contribution in [0.3, 0.4) is 0 Å². The zero-order chi connectivity index (χ0) is 13.5. The Morgan fingerprint density at radius 1 is 1.44 bits per heavy atom. The van der Waals surface area contributed by atoms with Gasteiger partial charge in [-0.05, 0) is 30.2 Å². The Balaban J connectivity index is 3.36. The predicted octanol–water partition coefficient (Wildman–Crippen LogP) is 2.83. The van der Waals surface area contributed by atoms with Gasteiger partial charge in [0.25, 0.3) is 0 Å². The molecule has 0 saturated heterocycles. The predicted molar refractivity (Wildman–Crippen MR) is 66.9 cm³/mol. The van der Waals surface area contributed by atoms with Gasteiger partial charge >= 0.3 is 5.97 Å². The number of rotatable bonds is 4. The molecule has 0 amide bonds. The van der Waals surface area contributed by atoms with Crippen LogP contribution in [0.1, 0.15) is 11.1 Å². The first kappa shape index (κ1) is 13.6. The third-order valence-electron chi connectivity index (χ3n) is 2.33. The highest BCUT2D eigenvalue weighted by Gasteiger charge is 2.10. The number of azide groups is 1. The van der Waals surface area contributed by atoms with Crippen molar-refractivity contribution in [2.24, 2.45) is 5.11 Å². The van der Waals surface area contributed by atoms with Crippen molar-refractivity contribution in [3.63, 3.8) is 0 Å². The highest BCUT2D eigenvalue weighted by molar-refractivity contribution is 5.93. The third-order valence-corrected chi connectivity index (χ3v) is 2.33. The van der Waals surface area contributed by atoms with Crippen molar-refractivity contribution in [2.75, 3.05) is 14.2 Å². The molecule has 6 heteroatoms. The number of esters is 1. The summed E-state index contributed by atoms with van der Waals surface area (Å²) in [7, 11) is 2.75. The van der Waals surface area contributed by atoms with Crippen LogP contribution in [0.15, 0.2) is 29.0 Å². The highest BCUT2D eigenvalue weighted by Crippen LogP contribution is 2.25. The molecule has 18 heavy (non-hydrogen) atoms. The Morgan fingerprint density at radius 3 is 2.72 bits per heavy atom. The van der Waals surface area contributed by atoms with Crippen LogP contribution >= 0.6 is 0 Å². The number of aryl methyl sites for hydroxylation is 1.